The third-order valence-electron chi connectivity index (χ3n) is 4.39. The molecule has 1 aromatic heterocycles. The molecule has 2 heterocycles. The third-order valence-corrected chi connectivity index (χ3v) is 4.39. The van der Waals surface area contributed by atoms with Crippen LogP contribution < -0.4 is 0 Å². The molecule has 2 atom stereocenters. The molecule has 18 heavy (non-hydrogen) atoms. The molecule has 2 rings (SSSR count). The second-order valence-corrected chi connectivity index (χ2v) is 5.45. The smallest absolute Gasteiger partial charge is 0.0776 e. The molecule has 0 radical (unpaired) electrons. The summed E-state index contributed by atoms with van der Waals surface area (Å²) in [6.45, 7) is 6.58. The maximum Gasteiger partial charge on any atom is 0.0776 e. The summed E-state index contributed by atoms with van der Waals surface area (Å²) >= 11 is 0. The van der Waals surface area contributed by atoms with Crippen molar-refractivity contribution < 1.29 is 5.11 Å². The van der Waals surface area contributed by atoms with Crippen LogP contribution >= 0.6 is 0 Å². The van der Waals surface area contributed by atoms with Gasteiger partial charge >= 0.3 is 0 Å². The molecule has 3 heteroatoms. The van der Waals surface area contributed by atoms with Crippen molar-refractivity contribution in [3.05, 3.63) is 30.1 Å². The van der Waals surface area contributed by atoms with Crippen molar-refractivity contribution in [2.75, 3.05) is 13.1 Å². The molecule has 100 valence electrons. The van der Waals surface area contributed by atoms with Crippen LogP contribution in [0, 0.1) is 0 Å². The zero-order valence-corrected chi connectivity index (χ0v) is 11.5. The average molecular weight is 248 g/mol. The number of nitrogens with zero attached hydrogens (tertiary/aromatic N) is 2. The number of aliphatic hydroxyl groups excluding tert-OH is 1. The summed E-state index contributed by atoms with van der Waals surface area (Å²) in [6, 6.07) is 5.88. The van der Waals surface area contributed by atoms with Crippen LogP contribution in [0.3, 0.4) is 0 Å². The third kappa shape index (κ3) is 2.73. The highest BCUT2D eigenvalue weighted by atomic mass is 16.3. The van der Waals surface area contributed by atoms with Crippen LogP contribution in [-0.2, 0) is 6.42 Å². The molecular weight excluding hydrogens is 224 g/mol. The van der Waals surface area contributed by atoms with Gasteiger partial charge in [-0.15, -0.1) is 0 Å². The van der Waals surface area contributed by atoms with Crippen LogP contribution in [0.1, 0.15) is 38.8 Å². The molecule has 0 spiro atoms. The molecule has 1 saturated heterocycles. The van der Waals surface area contributed by atoms with Crippen LogP contribution in [0.25, 0.3) is 0 Å². The lowest BCUT2D eigenvalue weighted by molar-refractivity contribution is -0.0122. The Morgan fingerprint density at radius 2 is 2.11 bits per heavy atom. The second kappa shape index (κ2) is 5.81. The molecule has 1 aliphatic heterocycles. The van der Waals surface area contributed by atoms with E-state index in [1.807, 2.05) is 18.2 Å². The number of hydrogen-bond acceptors (Lipinski definition) is 3. The number of hydrogen-bond donors (Lipinski definition) is 1. The van der Waals surface area contributed by atoms with E-state index >= 15 is 0 Å². The SMILES string of the molecule is CCC(C)(C(O)Cc1ccccn1)N1CCCC1. The zero-order chi connectivity index (χ0) is 13.0. The van der Waals surface area contributed by atoms with Gasteiger partial charge in [-0.3, -0.25) is 9.88 Å². The normalized spacial score (nSPS) is 21.7. The summed E-state index contributed by atoms with van der Waals surface area (Å²) in [5.41, 5.74) is 0.859. The minimum Gasteiger partial charge on any atom is -0.391 e. The monoisotopic (exact) mass is 248 g/mol. The highest BCUT2D eigenvalue weighted by Gasteiger charge is 2.38. The quantitative estimate of drug-likeness (QED) is 0.868. The largest absolute Gasteiger partial charge is 0.391 e. The first-order chi connectivity index (χ1) is 8.66. The molecule has 0 bridgehead atoms. The maximum absolute atomic E-state index is 10.6. The van der Waals surface area contributed by atoms with Crippen molar-refractivity contribution in [1.82, 2.24) is 9.88 Å². The summed E-state index contributed by atoms with van der Waals surface area (Å²) in [5, 5.41) is 10.6. The summed E-state index contributed by atoms with van der Waals surface area (Å²) < 4.78 is 0. The Kier molecular flexibility index (Phi) is 4.36. The van der Waals surface area contributed by atoms with Gasteiger partial charge in [0.25, 0.3) is 0 Å². The van der Waals surface area contributed by atoms with E-state index in [1.165, 1.54) is 12.8 Å². The number of rotatable bonds is 5. The fourth-order valence-corrected chi connectivity index (χ4v) is 2.83. The highest BCUT2D eigenvalue weighted by molar-refractivity contribution is 5.07. The fraction of sp³-hybridized carbons (Fsp3) is 0.667. The topological polar surface area (TPSA) is 36.4 Å². The second-order valence-electron chi connectivity index (χ2n) is 5.45. The molecular formula is C15H24N2O. The molecule has 1 N–H and O–H groups in total. The average Bonchev–Trinajstić information content (AvgIpc) is 2.93. The summed E-state index contributed by atoms with van der Waals surface area (Å²) in [6.07, 6.45) is 5.57. The van der Waals surface area contributed by atoms with Gasteiger partial charge in [-0.05, 0) is 51.4 Å². The van der Waals surface area contributed by atoms with Gasteiger partial charge in [0.15, 0.2) is 0 Å². The van der Waals surface area contributed by atoms with Gasteiger partial charge < -0.3 is 5.11 Å². The minimum absolute atomic E-state index is 0.117. The molecule has 3 nitrogen and oxygen atoms in total. The van der Waals surface area contributed by atoms with Crippen LogP contribution in [0.15, 0.2) is 24.4 Å². The first kappa shape index (κ1) is 13.5. The first-order valence-corrected chi connectivity index (χ1v) is 7.00. The Balaban J connectivity index is 2.07. The summed E-state index contributed by atoms with van der Waals surface area (Å²) in [4.78, 5) is 6.76. The van der Waals surface area contributed by atoms with Crippen LogP contribution in [-0.4, -0.2) is 39.7 Å². The molecule has 1 aromatic rings. The number of aromatic nitrogens is 1. The lowest BCUT2D eigenvalue weighted by Gasteiger charge is -2.42. The number of likely N-dealkylation sites (tertiary alicyclic amines) is 1. The van der Waals surface area contributed by atoms with Crippen molar-refractivity contribution in [2.45, 2.75) is 51.2 Å². The highest BCUT2D eigenvalue weighted by Crippen LogP contribution is 2.29. The predicted octanol–water partition coefficient (Wildman–Crippen LogP) is 2.25. The van der Waals surface area contributed by atoms with Crippen molar-refractivity contribution in [2.24, 2.45) is 0 Å². The molecule has 2 unspecified atom stereocenters. The van der Waals surface area contributed by atoms with E-state index < -0.39 is 0 Å². The number of pyridine rings is 1. The van der Waals surface area contributed by atoms with E-state index in [-0.39, 0.29) is 11.6 Å². The Morgan fingerprint density at radius 1 is 1.39 bits per heavy atom. The van der Waals surface area contributed by atoms with E-state index in [9.17, 15) is 5.11 Å². The first-order valence-electron chi connectivity index (χ1n) is 7.00. The van der Waals surface area contributed by atoms with Gasteiger partial charge in [0.2, 0.25) is 0 Å². The van der Waals surface area contributed by atoms with Crippen molar-refractivity contribution in [3.8, 4) is 0 Å². The van der Waals surface area contributed by atoms with Crippen LogP contribution in [0.4, 0.5) is 0 Å². The zero-order valence-electron chi connectivity index (χ0n) is 11.5. The standard InChI is InChI=1S/C15H24N2O/c1-3-15(2,17-10-6-7-11-17)14(18)12-13-8-4-5-9-16-13/h4-5,8-9,14,18H,3,6-7,10-12H2,1-2H3. The van der Waals surface area contributed by atoms with Gasteiger partial charge in [0.1, 0.15) is 0 Å². The molecule has 0 saturated carbocycles. The van der Waals surface area contributed by atoms with E-state index in [4.69, 9.17) is 0 Å². The molecule has 0 amide bonds. The molecule has 0 aliphatic carbocycles. The Labute approximate surface area is 110 Å². The van der Waals surface area contributed by atoms with E-state index in [2.05, 4.69) is 23.7 Å². The van der Waals surface area contributed by atoms with E-state index in [0.29, 0.717) is 6.42 Å². The van der Waals surface area contributed by atoms with E-state index in [1.54, 1.807) is 6.20 Å². The van der Waals surface area contributed by atoms with Crippen LogP contribution in [0.5, 0.6) is 0 Å². The summed E-state index contributed by atoms with van der Waals surface area (Å²) in [7, 11) is 0. The van der Waals surface area contributed by atoms with Crippen molar-refractivity contribution >= 4 is 0 Å². The van der Waals surface area contributed by atoms with E-state index in [0.717, 1.165) is 25.2 Å². The van der Waals surface area contributed by atoms with Gasteiger partial charge in [0.05, 0.1) is 6.10 Å². The summed E-state index contributed by atoms with van der Waals surface area (Å²) in [5.74, 6) is 0. The van der Waals surface area contributed by atoms with Gasteiger partial charge in [0, 0.05) is 23.9 Å². The lowest BCUT2D eigenvalue weighted by atomic mass is 9.87. The van der Waals surface area contributed by atoms with Crippen molar-refractivity contribution in [1.29, 1.82) is 0 Å². The number of aliphatic hydroxyl groups is 1. The minimum atomic E-state index is -0.351. The Bertz CT molecular complexity index is 362. The molecule has 1 fully saturated rings. The maximum atomic E-state index is 10.6. The van der Waals surface area contributed by atoms with Crippen LogP contribution in [0.2, 0.25) is 0 Å². The Hall–Kier alpha value is -0.930. The van der Waals surface area contributed by atoms with Crippen molar-refractivity contribution in [3.63, 3.8) is 0 Å². The van der Waals surface area contributed by atoms with Gasteiger partial charge in [-0.1, -0.05) is 13.0 Å². The predicted molar refractivity (Wildman–Crippen MR) is 73.5 cm³/mol. The molecule has 1 aliphatic rings. The fourth-order valence-electron chi connectivity index (χ4n) is 2.83. The van der Waals surface area contributed by atoms with Gasteiger partial charge in [-0.25, -0.2) is 0 Å². The molecule has 0 aromatic carbocycles. The Morgan fingerprint density at radius 3 is 2.67 bits per heavy atom. The lowest BCUT2D eigenvalue weighted by Crippen LogP contribution is -2.53. The van der Waals surface area contributed by atoms with Gasteiger partial charge in [-0.2, -0.15) is 0 Å².